The van der Waals surface area contributed by atoms with Crippen LogP contribution in [-0.4, -0.2) is 48.4 Å². The zero-order chi connectivity index (χ0) is 13.3. The van der Waals surface area contributed by atoms with Crippen LogP contribution in [-0.2, 0) is 0 Å². The van der Waals surface area contributed by atoms with Crippen LogP contribution in [0.3, 0.4) is 0 Å². The first kappa shape index (κ1) is 13.5. The maximum atomic E-state index is 13.2. The Labute approximate surface area is 115 Å². The van der Waals surface area contributed by atoms with Gasteiger partial charge in [0.05, 0.1) is 5.56 Å². The highest BCUT2D eigenvalue weighted by Gasteiger charge is 2.27. The smallest absolute Gasteiger partial charge is 0.255 e. The van der Waals surface area contributed by atoms with Crippen molar-refractivity contribution >= 4 is 21.8 Å². The molecule has 0 unspecified atom stereocenters. The fourth-order valence-electron chi connectivity index (χ4n) is 2.26. The summed E-state index contributed by atoms with van der Waals surface area (Å²) >= 11 is 3.30. The second-order valence-corrected chi connectivity index (χ2v) is 5.59. The standard InChI is InChI=1S/C13H16BrFN2O/c1-9-8-16(2)5-6-17(9)13(18)11-7-10(15)3-4-12(11)14/h3-4,7,9H,5-6,8H2,1-2H3/t9-/m1/s1. The van der Waals surface area contributed by atoms with Gasteiger partial charge in [0.2, 0.25) is 0 Å². The molecule has 0 radical (unpaired) electrons. The third-order valence-electron chi connectivity index (χ3n) is 3.25. The second kappa shape index (κ2) is 5.36. The molecule has 3 nitrogen and oxygen atoms in total. The summed E-state index contributed by atoms with van der Waals surface area (Å²) < 4.78 is 13.9. The molecule has 1 aromatic rings. The molecule has 1 amide bonds. The molecule has 0 spiro atoms. The number of carbonyl (C=O) groups excluding carboxylic acids is 1. The van der Waals surface area contributed by atoms with Crippen LogP contribution in [0.1, 0.15) is 17.3 Å². The van der Waals surface area contributed by atoms with Crippen LogP contribution in [0.15, 0.2) is 22.7 Å². The Morgan fingerprint density at radius 1 is 1.44 bits per heavy atom. The Morgan fingerprint density at radius 3 is 2.83 bits per heavy atom. The lowest BCUT2D eigenvalue weighted by molar-refractivity contribution is 0.0532. The summed E-state index contributed by atoms with van der Waals surface area (Å²) in [5.41, 5.74) is 0.395. The lowest BCUT2D eigenvalue weighted by atomic mass is 10.1. The molecule has 0 bridgehead atoms. The molecule has 5 heteroatoms. The maximum absolute atomic E-state index is 13.2. The van der Waals surface area contributed by atoms with Crippen LogP contribution in [0.5, 0.6) is 0 Å². The molecule has 0 saturated carbocycles. The van der Waals surface area contributed by atoms with Crippen molar-refractivity contribution in [2.75, 3.05) is 26.7 Å². The Hall–Kier alpha value is -0.940. The number of amides is 1. The van der Waals surface area contributed by atoms with Crippen LogP contribution in [0.2, 0.25) is 0 Å². The van der Waals surface area contributed by atoms with E-state index < -0.39 is 0 Å². The van der Waals surface area contributed by atoms with Gasteiger partial charge in [-0.05, 0) is 48.1 Å². The highest BCUT2D eigenvalue weighted by molar-refractivity contribution is 9.10. The Morgan fingerprint density at radius 2 is 2.17 bits per heavy atom. The van der Waals surface area contributed by atoms with Crippen LogP contribution >= 0.6 is 15.9 Å². The topological polar surface area (TPSA) is 23.6 Å². The summed E-state index contributed by atoms with van der Waals surface area (Å²) in [4.78, 5) is 16.4. The minimum absolute atomic E-state index is 0.109. The van der Waals surface area contributed by atoms with Crippen LogP contribution in [0.25, 0.3) is 0 Å². The Bertz CT molecular complexity index is 466. The van der Waals surface area contributed by atoms with Crippen molar-refractivity contribution in [2.24, 2.45) is 0 Å². The molecular weight excluding hydrogens is 299 g/mol. The predicted octanol–water partition coefficient (Wildman–Crippen LogP) is 2.36. The van der Waals surface area contributed by atoms with E-state index in [0.717, 1.165) is 13.1 Å². The summed E-state index contributed by atoms with van der Waals surface area (Å²) in [5, 5.41) is 0. The van der Waals surface area contributed by atoms with E-state index in [9.17, 15) is 9.18 Å². The first-order valence-electron chi connectivity index (χ1n) is 5.93. The van der Waals surface area contributed by atoms with Gasteiger partial charge >= 0.3 is 0 Å². The number of hydrogen-bond acceptors (Lipinski definition) is 2. The van der Waals surface area contributed by atoms with Gasteiger partial charge in [-0.25, -0.2) is 4.39 Å². The molecule has 1 aliphatic rings. The molecule has 1 heterocycles. The van der Waals surface area contributed by atoms with Crippen molar-refractivity contribution in [1.82, 2.24) is 9.80 Å². The number of piperazine rings is 1. The van der Waals surface area contributed by atoms with Gasteiger partial charge in [0.15, 0.2) is 0 Å². The van der Waals surface area contributed by atoms with Crippen molar-refractivity contribution in [3.63, 3.8) is 0 Å². The lowest BCUT2D eigenvalue weighted by Crippen LogP contribution is -2.52. The summed E-state index contributed by atoms with van der Waals surface area (Å²) in [6.07, 6.45) is 0. The summed E-state index contributed by atoms with van der Waals surface area (Å²) in [7, 11) is 2.04. The zero-order valence-corrected chi connectivity index (χ0v) is 12.1. The fourth-order valence-corrected chi connectivity index (χ4v) is 2.67. The molecule has 98 valence electrons. The minimum atomic E-state index is -0.386. The summed E-state index contributed by atoms with van der Waals surface area (Å²) in [6, 6.07) is 4.35. The van der Waals surface area contributed by atoms with E-state index in [2.05, 4.69) is 20.8 Å². The average molecular weight is 315 g/mol. The number of hydrogen-bond donors (Lipinski definition) is 0. The number of carbonyl (C=O) groups is 1. The number of likely N-dealkylation sites (N-methyl/N-ethyl adjacent to an activating group) is 1. The van der Waals surface area contributed by atoms with Gasteiger partial charge in [-0.3, -0.25) is 4.79 Å². The van der Waals surface area contributed by atoms with Crippen molar-refractivity contribution < 1.29 is 9.18 Å². The minimum Gasteiger partial charge on any atom is -0.333 e. The first-order valence-corrected chi connectivity index (χ1v) is 6.73. The molecule has 0 aromatic heterocycles. The van der Waals surface area contributed by atoms with Gasteiger partial charge in [-0.2, -0.15) is 0 Å². The molecule has 1 atom stereocenters. The number of rotatable bonds is 1. The third-order valence-corrected chi connectivity index (χ3v) is 3.94. The fraction of sp³-hybridized carbons (Fsp3) is 0.462. The van der Waals surface area contributed by atoms with Gasteiger partial charge in [0.25, 0.3) is 5.91 Å². The van der Waals surface area contributed by atoms with Gasteiger partial charge in [0.1, 0.15) is 5.82 Å². The SMILES string of the molecule is C[C@@H]1CN(C)CCN1C(=O)c1cc(F)ccc1Br. The van der Waals surface area contributed by atoms with Crippen molar-refractivity contribution in [3.05, 3.63) is 34.1 Å². The molecular formula is C13H16BrFN2O. The van der Waals surface area contributed by atoms with Crippen molar-refractivity contribution in [2.45, 2.75) is 13.0 Å². The lowest BCUT2D eigenvalue weighted by Gasteiger charge is -2.38. The van der Waals surface area contributed by atoms with Crippen LogP contribution in [0.4, 0.5) is 4.39 Å². The molecule has 1 fully saturated rings. The molecule has 1 aromatic carbocycles. The third kappa shape index (κ3) is 2.72. The quantitative estimate of drug-likeness (QED) is 0.794. The van der Waals surface area contributed by atoms with E-state index in [0.29, 0.717) is 16.6 Å². The van der Waals surface area contributed by atoms with Gasteiger partial charge < -0.3 is 9.80 Å². The predicted molar refractivity (Wildman–Crippen MR) is 72.1 cm³/mol. The Balaban J connectivity index is 2.23. The Kier molecular flexibility index (Phi) is 4.02. The zero-order valence-electron chi connectivity index (χ0n) is 10.5. The summed E-state index contributed by atoms with van der Waals surface area (Å²) in [5.74, 6) is -0.495. The normalized spacial score (nSPS) is 21.1. The largest absolute Gasteiger partial charge is 0.333 e. The average Bonchev–Trinajstić information content (AvgIpc) is 2.31. The summed E-state index contributed by atoms with van der Waals surface area (Å²) in [6.45, 7) is 4.39. The van der Waals surface area contributed by atoms with E-state index in [1.807, 2.05) is 14.0 Å². The number of halogens is 2. The van der Waals surface area contributed by atoms with Crippen molar-refractivity contribution in [1.29, 1.82) is 0 Å². The van der Waals surface area contributed by atoms with Gasteiger partial charge in [0, 0.05) is 30.1 Å². The van der Waals surface area contributed by atoms with E-state index >= 15 is 0 Å². The molecule has 1 saturated heterocycles. The number of nitrogens with zero attached hydrogens (tertiary/aromatic N) is 2. The maximum Gasteiger partial charge on any atom is 0.255 e. The van der Waals surface area contributed by atoms with Gasteiger partial charge in [-0.1, -0.05) is 0 Å². The van der Waals surface area contributed by atoms with E-state index in [1.165, 1.54) is 12.1 Å². The van der Waals surface area contributed by atoms with Crippen molar-refractivity contribution in [3.8, 4) is 0 Å². The monoisotopic (exact) mass is 314 g/mol. The van der Waals surface area contributed by atoms with E-state index in [1.54, 1.807) is 11.0 Å². The number of benzene rings is 1. The van der Waals surface area contributed by atoms with Gasteiger partial charge in [-0.15, -0.1) is 0 Å². The highest BCUT2D eigenvalue weighted by atomic mass is 79.9. The molecule has 2 rings (SSSR count). The first-order chi connectivity index (χ1) is 8.49. The molecule has 0 N–H and O–H groups in total. The van der Waals surface area contributed by atoms with E-state index in [-0.39, 0.29) is 17.8 Å². The van der Waals surface area contributed by atoms with Crippen LogP contribution in [0, 0.1) is 5.82 Å². The highest BCUT2D eigenvalue weighted by Crippen LogP contribution is 2.21. The molecule has 1 aliphatic heterocycles. The van der Waals surface area contributed by atoms with E-state index in [4.69, 9.17) is 0 Å². The molecule has 18 heavy (non-hydrogen) atoms. The molecule has 0 aliphatic carbocycles. The van der Waals surface area contributed by atoms with Crippen LogP contribution < -0.4 is 0 Å². The second-order valence-electron chi connectivity index (χ2n) is 4.73.